The summed E-state index contributed by atoms with van der Waals surface area (Å²) in [5.74, 6) is -9.86. The molecule has 0 amide bonds. The van der Waals surface area contributed by atoms with Crippen molar-refractivity contribution >= 4 is 0 Å². The van der Waals surface area contributed by atoms with Gasteiger partial charge in [0.2, 0.25) is 5.82 Å². The Balaban J connectivity index is 3.06. The number of aliphatic hydroxyl groups excluding tert-OH is 1. The number of halogens is 5. The van der Waals surface area contributed by atoms with Crippen molar-refractivity contribution in [2.75, 3.05) is 33.4 Å². The lowest BCUT2D eigenvalue weighted by Crippen LogP contribution is -2.31. The van der Waals surface area contributed by atoms with Crippen molar-refractivity contribution in [3.8, 4) is 0 Å². The molecule has 1 aromatic rings. The van der Waals surface area contributed by atoms with Crippen LogP contribution >= 0.6 is 0 Å². The first-order valence-corrected chi connectivity index (χ1v) is 5.76. The van der Waals surface area contributed by atoms with Gasteiger partial charge >= 0.3 is 0 Å². The van der Waals surface area contributed by atoms with Crippen molar-refractivity contribution in [3.63, 3.8) is 0 Å². The molecule has 0 aromatic heterocycles. The third kappa shape index (κ3) is 3.65. The molecular weight excluding hydrogens is 285 g/mol. The number of hydrogen-bond acceptors (Lipinski definition) is 3. The fourth-order valence-electron chi connectivity index (χ4n) is 1.64. The maximum Gasteiger partial charge on any atom is 0.200 e. The van der Waals surface area contributed by atoms with Crippen LogP contribution < -0.4 is 0 Å². The van der Waals surface area contributed by atoms with Crippen LogP contribution in [0.1, 0.15) is 5.56 Å². The molecule has 0 saturated carbocycles. The molecule has 20 heavy (non-hydrogen) atoms. The molecule has 0 heterocycles. The van der Waals surface area contributed by atoms with Gasteiger partial charge in [0.15, 0.2) is 23.3 Å². The summed E-state index contributed by atoms with van der Waals surface area (Å²) in [6.07, 6.45) is 0. The van der Waals surface area contributed by atoms with Gasteiger partial charge in [0.25, 0.3) is 0 Å². The molecule has 0 spiro atoms. The van der Waals surface area contributed by atoms with Gasteiger partial charge in [-0.15, -0.1) is 0 Å². The van der Waals surface area contributed by atoms with Crippen LogP contribution in [0.25, 0.3) is 0 Å². The molecule has 0 bridgehead atoms. The molecule has 3 nitrogen and oxygen atoms in total. The van der Waals surface area contributed by atoms with Crippen molar-refractivity contribution in [1.82, 2.24) is 4.90 Å². The van der Waals surface area contributed by atoms with Gasteiger partial charge in [-0.25, -0.2) is 22.0 Å². The van der Waals surface area contributed by atoms with Crippen LogP contribution in [-0.4, -0.2) is 43.4 Å². The number of nitrogens with zero attached hydrogens (tertiary/aromatic N) is 1. The van der Waals surface area contributed by atoms with Crippen molar-refractivity contribution in [3.05, 3.63) is 34.6 Å². The molecular formula is C12H14F5NO2. The van der Waals surface area contributed by atoms with Gasteiger partial charge in [0, 0.05) is 32.3 Å². The summed E-state index contributed by atoms with van der Waals surface area (Å²) in [5.41, 5.74) is -0.925. The van der Waals surface area contributed by atoms with Gasteiger partial charge < -0.3 is 9.84 Å². The SMILES string of the molecule is COCCN(CCO)Cc1c(F)c(F)c(F)c(F)c1F. The van der Waals surface area contributed by atoms with Gasteiger partial charge in [-0.05, 0) is 0 Å². The summed E-state index contributed by atoms with van der Waals surface area (Å²) >= 11 is 0. The summed E-state index contributed by atoms with van der Waals surface area (Å²) in [7, 11) is 1.40. The predicted molar refractivity (Wildman–Crippen MR) is 60.5 cm³/mol. The summed E-state index contributed by atoms with van der Waals surface area (Å²) in [6.45, 7) is -0.455. The Kier molecular flexibility index (Phi) is 6.31. The Bertz CT molecular complexity index is 441. The molecule has 8 heteroatoms. The Labute approximate surface area is 112 Å². The second kappa shape index (κ2) is 7.51. The summed E-state index contributed by atoms with van der Waals surface area (Å²) in [4.78, 5) is 1.32. The van der Waals surface area contributed by atoms with Crippen molar-refractivity contribution in [2.45, 2.75) is 6.54 Å². The van der Waals surface area contributed by atoms with Crippen LogP contribution in [0.4, 0.5) is 22.0 Å². The normalized spacial score (nSPS) is 11.4. The van der Waals surface area contributed by atoms with Gasteiger partial charge in [0.05, 0.1) is 13.2 Å². The largest absolute Gasteiger partial charge is 0.395 e. The summed E-state index contributed by atoms with van der Waals surface area (Å²) < 4.78 is 70.7. The maximum atomic E-state index is 13.5. The average Bonchev–Trinajstić information content (AvgIpc) is 2.45. The van der Waals surface area contributed by atoms with Crippen molar-refractivity contribution < 1.29 is 31.8 Å². The zero-order chi connectivity index (χ0) is 15.3. The molecule has 0 fully saturated rings. The first kappa shape index (κ1) is 16.8. The molecule has 0 unspecified atom stereocenters. The lowest BCUT2D eigenvalue weighted by Gasteiger charge is -2.21. The Morgan fingerprint density at radius 3 is 1.85 bits per heavy atom. The molecule has 0 aliphatic rings. The summed E-state index contributed by atoms with van der Waals surface area (Å²) in [6, 6.07) is 0. The monoisotopic (exact) mass is 299 g/mol. The molecule has 114 valence electrons. The number of rotatable bonds is 7. The van der Waals surface area contributed by atoms with Crippen molar-refractivity contribution in [1.29, 1.82) is 0 Å². The highest BCUT2D eigenvalue weighted by Crippen LogP contribution is 2.24. The van der Waals surface area contributed by atoms with E-state index in [1.165, 1.54) is 12.0 Å². The van der Waals surface area contributed by atoms with Gasteiger partial charge in [-0.3, -0.25) is 4.90 Å². The Hall–Kier alpha value is -1.25. The minimum Gasteiger partial charge on any atom is -0.395 e. The van der Waals surface area contributed by atoms with Crippen LogP contribution in [0.15, 0.2) is 0 Å². The number of ether oxygens (including phenoxy) is 1. The van der Waals surface area contributed by atoms with Gasteiger partial charge in [-0.1, -0.05) is 0 Å². The molecule has 0 aliphatic carbocycles. The second-order valence-electron chi connectivity index (χ2n) is 4.04. The first-order valence-electron chi connectivity index (χ1n) is 5.76. The molecule has 0 aliphatic heterocycles. The predicted octanol–water partition coefficient (Wildman–Crippen LogP) is 1.82. The average molecular weight is 299 g/mol. The van der Waals surface area contributed by atoms with Gasteiger partial charge in [-0.2, -0.15) is 0 Å². The van der Waals surface area contributed by atoms with Crippen LogP contribution in [0, 0.1) is 29.1 Å². The van der Waals surface area contributed by atoms with Crippen LogP contribution in [0.2, 0.25) is 0 Å². The lowest BCUT2D eigenvalue weighted by molar-refractivity contribution is 0.124. The molecule has 0 atom stereocenters. The zero-order valence-corrected chi connectivity index (χ0v) is 10.7. The molecule has 1 N–H and O–H groups in total. The van der Waals surface area contributed by atoms with Crippen LogP contribution in [-0.2, 0) is 11.3 Å². The van der Waals surface area contributed by atoms with E-state index in [4.69, 9.17) is 9.84 Å². The zero-order valence-electron chi connectivity index (χ0n) is 10.7. The highest BCUT2D eigenvalue weighted by Gasteiger charge is 2.26. The third-order valence-corrected chi connectivity index (χ3v) is 2.71. The number of aliphatic hydroxyl groups is 1. The molecule has 1 aromatic carbocycles. The van der Waals surface area contributed by atoms with Gasteiger partial charge in [0.1, 0.15) is 0 Å². The number of methoxy groups -OCH3 is 1. The van der Waals surface area contributed by atoms with E-state index in [1.807, 2.05) is 0 Å². The van der Waals surface area contributed by atoms with Crippen molar-refractivity contribution in [2.24, 2.45) is 0 Å². The Morgan fingerprint density at radius 1 is 0.900 bits per heavy atom. The minimum atomic E-state index is -2.19. The third-order valence-electron chi connectivity index (χ3n) is 2.71. The first-order chi connectivity index (χ1) is 9.43. The minimum absolute atomic E-state index is 0.0167. The van der Waals surface area contributed by atoms with E-state index in [0.717, 1.165) is 0 Å². The van der Waals surface area contributed by atoms with E-state index in [2.05, 4.69) is 0 Å². The van der Waals surface area contributed by atoms with E-state index in [1.54, 1.807) is 0 Å². The van der Waals surface area contributed by atoms with Crippen LogP contribution in [0.5, 0.6) is 0 Å². The van der Waals surface area contributed by atoms with E-state index in [0.29, 0.717) is 0 Å². The number of hydrogen-bond donors (Lipinski definition) is 1. The summed E-state index contributed by atoms with van der Waals surface area (Å²) in [5, 5.41) is 8.83. The van der Waals surface area contributed by atoms with E-state index >= 15 is 0 Å². The standard InChI is InChI=1S/C12H14F5NO2/c1-20-5-3-18(2-4-19)6-7-8(13)10(15)12(17)11(16)9(7)14/h19H,2-6H2,1H3. The smallest absolute Gasteiger partial charge is 0.200 e. The van der Waals surface area contributed by atoms with E-state index in [9.17, 15) is 22.0 Å². The molecule has 1 rings (SSSR count). The second-order valence-corrected chi connectivity index (χ2v) is 4.04. The molecule has 0 radical (unpaired) electrons. The van der Waals surface area contributed by atoms with Crippen LogP contribution in [0.3, 0.4) is 0 Å². The fourth-order valence-corrected chi connectivity index (χ4v) is 1.64. The lowest BCUT2D eigenvalue weighted by atomic mass is 10.1. The topological polar surface area (TPSA) is 32.7 Å². The Morgan fingerprint density at radius 2 is 1.40 bits per heavy atom. The van der Waals surface area contributed by atoms with E-state index in [-0.39, 0.29) is 26.3 Å². The quantitative estimate of drug-likeness (QED) is 0.473. The highest BCUT2D eigenvalue weighted by atomic mass is 19.2. The maximum absolute atomic E-state index is 13.5. The fraction of sp³-hybridized carbons (Fsp3) is 0.500. The number of benzene rings is 1. The highest BCUT2D eigenvalue weighted by molar-refractivity contribution is 5.24. The molecule has 0 saturated heterocycles. The van der Waals surface area contributed by atoms with E-state index < -0.39 is 41.2 Å².